The minimum absolute atomic E-state index is 0.106. The maximum Gasteiger partial charge on any atom is 0.361 e. The molecule has 0 aliphatic carbocycles. The summed E-state index contributed by atoms with van der Waals surface area (Å²) in [6.45, 7) is 0.898. The van der Waals surface area contributed by atoms with E-state index in [2.05, 4.69) is 9.97 Å². The Hall–Kier alpha value is -1.81. The first-order chi connectivity index (χ1) is 14.0. The summed E-state index contributed by atoms with van der Waals surface area (Å²) in [6.07, 6.45) is 0.549. The first kappa shape index (κ1) is 20.5. The van der Waals surface area contributed by atoms with Gasteiger partial charge in [-0.2, -0.15) is 4.98 Å². The summed E-state index contributed by atoms with van der Waals surface area (Å²) in [5, 5.41) is 14.2. The van der Waals surface area contributed by atoms with Crippen molar-refractivity contribution < 1.29 is 9.53 Å². The van der Waals surface area contributed by atoms with Crippen LogP contribution in [0.1, 0.15) is 16.1 Å². The average Bonchev–Trinajstić information content (AvgIpc) is 3.30. The number of benzene rings is 1. The van der Waals surface area contributed by atoms with Gasteiger partial charge in [0.25, 0.3) is 11.4 Å². The van der Waals surface area contributed by atoms with Crippen LogP contribution in [0.3, 0.4) is 0 Å². The molecule has 4 rings (SSSR count). The Balaban J connectivity index is 1.66. The highest BCUT2D eigenvalue weighted by atomic mass is 35.5. The van der Waals surface area contributed by atoms with E-state index in [1.807, 2.05) is 23.1 Å². The van der Waals surface area contributed by atoms with E-state index in [0.717, 1.165) is 15.8 Å². The number of hydroxylamine groups is 2. The van der Waals surface area contributed by atoms with Crippen LogP contribution in [0.2, 0.25) is 0 Å². The predicted octanol–water partition coefficient (Wildman–Crippen LogP) is 3.93. The lowest BCUT2D eigenvalue weighted by atomic mass is 10.2. The first-order valence-electron chi connectivity index (χ1n) is 8.98. The molecule has 0 bridgehead atoms. The number of esters is 1. The van der Waals surface area contributed by atoms with Crippen LogP contribution in [0.5, 0.6) is 0 Å². The largest absolute Gasteiger partial charge is 0.622 e. The van der Waals surface area contributed by atoms with Crippen LogP contribution in [0.25, 0.3) is 10.2 Å². The van der Waals surface area contributed by atoms with Crippen molar-refractivity contribution in [3.63, 3.8) is 0 Å². The number of thiazole rings is 1. The van der Waals surface area contributed by atoms with Gasteiger partial charge in [0, 0.05) is 24.5 Å². The fraction of sp³-hybridized carbons (Fsp3) is 0.316. The fourth-order valence-corrected chi connectivity index (χ4v) is 4.76. The zero-order valence-corrected chi connectivity index (χ0v) is 17.7. The molecule has 1 aliphatic heterocycles. The summed E-state index contributed by atoms with van der Waals surface area (Å²) in [7, 11) is 0. The molecule has 0 saturated carbocycles. The Labute approximate surface area is 181 Å². The summed E-state index contributed by atoms with van der Waals surface area (Å²) < 4.78 is 5.61. The Morgan fingerprint density at radius 1 is 1.34 bits per heavy atom. The number of pyridine rings is 1. The van der Waals surface area contributed by atoms with Crippen molar-refractivity contribution in [3.8, 4) is 0 Å². The maximum absolute atomic E-state index is 13.9. The lowest BCUT2D eigenvalue weighted by Gasteiger charge is -2.38. The Morgan fingerprint density at radius 3 is 2.93 bits per heavy atom. The summed E-state index contributed by atoms with van der Waals surface area (Å²) >= 11 is 13.1. The molecule has 0 radical (unpaired) electrons. The third kappa shape index (κ3) is 4.09. The van der Waals surface area contributed by atoms with Gasteiger partial charge in [0.15, 0.2) is 0 Å². The van der Waals surface area contributed by atoms with E-state index in [1.54, 1.807) is 18.2 Å². The van der Waals surface area contributed by atoms with Gasteiger partial charge in [-0.15, -0.1) is 23.2 Å². The normalized spacial score (nSPS) is 22.2. The monoisotopic (exact) mass is 452 g/mol. The average molecular weight is 453 g/mol. The van der Waals surface area contributed by atoms with E-state index >= 15 is 0 Å². The van der Waals surface area contributed by atoms with E-state index in [4.69, 9.17) is 27.9 Å². The number of rotatable bonds is 6. The standard InChI is InChI=1S/C19H18Cl2N4O3S/c20-6-8-24-11-17(28-18(26)15-3-1-2-7-22-15)25(27,12-24)19-23-14-5-4-13(10-21)9-16(14)29-19/h1-5,7,9,17H,6,8,10-12H2. The highest BCUT2D eigenvalue weighted by Gasteiger charge is 2.46. The molecule has 10 heteroatoms. The van der Waals surface area contributed by atoms with Gasteiger partial charge < -0.3 is 9.94 Å². The number of hydrogen-bond donors (Lipinski definition) is 0. The SMILES string of the molecule is O=C(OC1CN(CCCl)C[N+]1([O-])c1nc2ccc(CCl)cc2s1)c1ccccn1. The van der Waals surface area contributed by atoms with Crippen molar-refractivity contribution >= 4 is 55.9 Å². The molecule has 1 saturated heterocycles. The highest BCUT2D eigenvalue weighted by molar-refractivity contribution is 7.22. The highest BCUT2D eigenvalue weighted by Crippen LogP contribution is 2.38. The number of carbonyl (C=O) groups excluding carboxylic acids is 1. The van der Waals surface area contributed by atoms with Crippen LogP contribution in [0, 0.1) is 5.21 Å². The second-order valence-corrected chi connectivity index (χ2v) is 8.36. The molecule has 2 unspecified atom stereocenters. The van der Waals surface area contributed by atoms with Crippen LogP contribution in [-0.2, 0) is 10.6 Å². The molecule has 1 aliphatic rings. The number of fused-ring (bicyclic) bond motifs is 1. The van der Waals surface area contributed by atoms with Crippen molar-refractivity contribution in [2.45, 2.75) is 12.1 Å². The molecule has 3 aromatic rings. The third-order valence-corrected chi connectivity index (χ3v) is 6.33. The molecular formula is C19H18Cl2N4O3S. The van der Waals surface area contributed by atoms with Crippen LogP contribution in [0.15, 0.2) is 42.6 Å². The lowest BCUT2D eigenvalue weighted by Crippen LogP contribution is -2.51. The maximum atomic E-state index is 13.9. The molecule has 7 nitrogen and oxygen atoms in total. The van der Waals surface area contributed by atoms with Gasteiger partial charge in [-0.25, -0.2) is 14.7 Å². The summed E-state index contributed by atoms with van der Waals surface area (Å²) in [5.74, 6) is 0.126. The number of quaternary nitrogens is 1. The van der Waals surface area contributed by atoms with E-state index in [1.165, 1.54) is 17.5 Å². The van der Waals surface area contributed by atoms with Crippen LogP contribution >= 0.6 is 34.5 Å². The summed E-state index contributed by atoms with van der Waals surface area (Å²) in [5.41, 5.74) is 1.83. The first-order valence-corrected chi connectivity index (χ1v) is 10.9. The second-order valence-electron chi connectivity index (χ2n) is 6.71. The summed E-state index contributed by atoms with van der Waals surface area (Å²) in [6, 6.07) is 10.6. The molecule has 152 valence electrons. The zero-order chi connectivity index (χ0) is 20.4. The quantitative estimate of drug-likeness (QED) is 0.244. The molecule has 1 aromatic carbocycles. The molecule has 0 amide bonds. The number of aromatic nitrogens is 2. The number of halogens is 2. The van der Waals surface area contributed by atoms with Crippen molar-refractivity contribution in [2.24, 2.45) is 0 Å². The number of hydrogen-bond acceptors (Lipinski definition) is 7. The van der Waals surface area contributed by atoms with Gasteiger partial charge in [0.2, 0.25) is 0 Å². The molecule has 2 aromatic heterocycles. The van der Waals surface area contributed by atoms with E-state index < -0.39 is 16.8 Å². The van der Waals surface area contributed by atoms with Crippen LogP contribution < -0.4 is 4.65 Å². The molecular weight excluding hydrogens is 435 g/mol. The summed E-state index contributed by atoms with van der Waals surface area (Å²) in [4.78, 5) is 23.0. The van der Waals surface area contributed by atoms with E-state index in [-0.39, 0.29) is 18.9 Å². The minimum atomic E-state index is -0.958. The number of carbonyl (C=O) groups is 1. The predicted molar refractivity (Wildman–Crippen MR) is 115 cm³/mol. The van der Waals surface area contributed by atoms with Crippen LogP contribution in [0.4, 0.5) is 5.13 Å². The zero-order valence-electron chi connectivity index (χ0n) is 15.3. The minimum Gasteiger partial charge on any atom is -0.622 e. The van der Waals surface area contributed by atoms with E-state index in [9.17, 15) is 10.0 Å². The molecule has 2 atom stereocenters. The Bertz CT molecular complexity index is 1020. The van der Waals surface area contributed by atoms with Crippen molar-refractivity contribution in [3.05, 3.63) is 59.1 Å². The second kappa shape index (κ2) is 8.51. The van der Waals surface area contributed by atoms with Gasteiger partial charge in [-0.05, 0) is 29.8 Å². The Morgan fingerprint density at radius 2 is 2.21 bits per heavy atom. The van der Waals surface area contributed by atoms with Crippen molar-refractivity contribution in [1.29, 1.82) is 0 Å². The number of ether oxygens (including phenoxy) is 1. The number of alkyl halides is 2. The van der Waals surface area contributed by atoms with Crippen LogP contribution in [-0.4, -0.2) is 52.7 Å². The third-order valence-electron chi connectivity index (χ3n) is 4.73. The Kier molecular flexibility index (Phi) is 6.00. The van der Waals surface area contributed by atoms with Crippen molar-refractivity contribution in [2.75, 3.05) is 25.6 Å². The molecule has 0 N–H and O–H groups in total. The number of nitrogens with zero attached hydrogens (tertiary/aromatic N) is 4. The lowest BCUT2D eigenvalue weighted by molar-refractivity contribution is 0.00504. The molecule has 3 heterocycles. The molecule has 0 spiro atoms. The van der Waals surface area contributed by atoms with Gasteiger partial charge in [0.05, 0.1) is 16.8 Å². The topological polar surface area (TPSA) is 78.4 Å². The van der Waals surface area contributed by atoms with Gasteiger partial charge in [-0.3, -0.25) is 4.65 Å². The fourth-order valence-electron chi connectivity index (χ4n) is 3.26. The van der Waals surface area contributed by atoms with Crippen molar-refractivity contribution in [1.82, 2.24) is 19.5 Å². The molecule has 29 heavy (non-hydrogen) atoms. The van der Waals surface area contributed by atoms with Gasteiger partial charge in [0.1, 0.15) is 12.4 Å². The molecule has 1 fully saturated rings. The van der Waals surface area contributed by atoms with E-state index in [0.29, 0.717) is 23.4 Å². The van der Waals surface area contributed by atoms with Gasteiger partial charge in [-0.1, -0.05) is 23.5 Å². The van der Waals surface area contributed by atoms with Gasteiger partial charge >= 0.3 is 5.97 Å². The smallest absolute Gasteiger partial charge is 0.361 e.